The first kappa shape index (κ1) is 19.3. The second-order valence-electron chi connectivity index (χ2n) is 7.71. The molecule has 0 unspecified atom stereocenters. The lowest BCUT2D eigenvalue weighted by atomic mass is 10.1. The Morgan fingerprint density at radius 1 is 1.13 bits per heavy atom. The summed E-state index contributed by atoms with van der Waals surface area (Å²) in [5, 5.41) is 17.8. The molecular formula is C21H23N9O. The number of fused-ring (bicyclic) bond motifs is 1. The molecule has 1 fully saturated rings. The van der Waals surface area contributed by atoms with Crippen molar-refractivity contribution in [1.29, 1.82) is 0 Å². The molecule has 0 aromatic carbocycles. The van der Waals surface area contributed by atoms with E-state index < -0.39 is 0 Å². The molecule has 4 N–H and O–H groups in total. The molecule has 4 aromatic heterocycles. The molecule has 4 aromatic rings. The summed E-state index contributed by atoms with van der Waals surface area (Å²) in [6, 6.07) is 0.176. The number of rotatable bonds is 5. The minimum Gasteiger partial charge on any atom is -0.393 e. The number of nitrogens with two attached hydrogens (primary N) is 1. The Kier molecular flexibility index (Phi) is 4.91. The van der Waals surface area contributed by atoms with E-state index in [0.29, 0.717) is 29.7 Å². The van der Waals surface area contributed by atoms with Crippen molar-refractivity contribution in [2.75, 3.05) is 11.1 Å². The quantitative estimate of drug-likeness (QED) is 0.445. The molecule has 1 aliphatic rings. The van der Waals surface area contributed by atoms with E-state index in [2.05, 4.69) is 25.4 Å². The molecule has 0 spiro atoms. The van der Waals surface area contributed by atoms with Gasteiger partial charge in [-0.05, 0) is 25.7 Å². The maximum Gasteiger partial charge on any atom is 0.151 e. The molecule has 0 radical (unpaired) electrons. The van der Waals surface area contributed by atoms with Crippen LogP contribution in [0, 0.1) is 0 Å². The van der Waals surface area contributed by atoms with Gasteiger partial charge in [0.05, 0.1) is 30.4 Å². The van der Waals surface area contributed by atoms with E-state index in [0.717, 1.165) is 41.2 Å². The zero-order valence-electron chi connectivity index (χ0n) is 17.1. The molecule has 5 rings (SSSR count). The van der Waals surface area contributed by atoms with Crippen molar-refractivity contribution in [2.45, 2.75) is 44.8 Å². The van der Waals surface area contributed by atoms with Crippen molar-refractivity contribution < 1.29 is 5.11 Å². The predicted octanol–water partition coefficient (Wildman–Crippen LogP) is 2.14. The standard InChI is InChI=1S/C21H23N9O/c1-2-17-21(27-13-3-4-15(31)5-13)29-18-16(9-25-20(22)19(18)28-17)12-6-26-30(10-12)14-7-23-11-24-8-14/h6-11,13,15,31H,2-5H2,1H3,(H2,22,25)(H,27,29)/t13-,15+/m1/s1. The van der Waals surface area contributed by atoms with Gasteiger partial charge in [0.15, 0.2) is 5.82 Å². The molecule has 1 saturated carbocycles. The molecular weight excluding hydrogens is 394 g/mol. The SMILES string of the molecule is CCc1nc2c(N)ncc(-c3cnn(-c4cncnc4)c3)c2nc1N[C@@H]1CC[C@H](O)C1. The lowest BCUT2D eigenvalue weighted by Gasteiger charge is -2.17. The number of aliphatic hydroxyl groups excluding tert-OH is 1. The van der Waals surface area contributed by atoms with Crippen molar-refractivity contribution in [3.8, 4) is 16.8 Å². The summed E-state index contributed by atoms with van der Waals surface area (Å²) in [7, 11) is 0. The van der Waals surface area contributed by atoms with Gasteiger partial charge in [0.25, 0.3) is 0 Å². The first-order valence-corrected chi connectivity index (χ1v) is 10.3. The van der Waals surface area contributed by atoms with Crippen molar-refractivity contribution in [1.82, 2.24) is 34.7 Å². The van der Waals surface area contributed by atoms with E-state index in [4.69, 9.17) is 15.7 Å². The van der Waals surface area contributed by atoms with Crippen molar-refractivity contribution >= 4 is 22.7 Å². The fourth-order valence-corrected chi connectivity index (χ4v) is 3.96. The average molecular weight is 417 g/mol. The predicted molar refractivity (Wildman–Crippen MR) is 117 cm³/mol. The minimum absolute atomic E-state index is 0.176. The molecule has 31 heavy (non-hydrogen) atoms. The second kappa shape index (κ2) is 7.88. The average Bonchev–Trinajstić information content (AvgIpc) is 3.44. The highest BCUT2D eigenvalue weighted by Gasteiger charge is 2.24. The maximum atomic E-state index is 9.88. The molecule has 0 amide bonds. The number of aliphatic hydroxyl groups is 1. The number of hydrogen-bond donors (Lipinski definition) is 3. The summed E-state index contributed by atoms with van der Waals surface area (Å²) in [6.45, 7) is 2.03. The monoisotopic (exact) mass is 417 g/mol. The minimum atomic E-state index is -0.265. The number of aryl methyl sites for hydroxylation is 1. The van der Waals surface area contributed by atoms with Crippen LogP contribution in [-0.2, 0) is 6.42 Å². The number of nitrogen functional groups attached to an aromatic ring is 1. The highest BCUT2D eigenvalue weighted by atomic mass is 16.3. The van der Waals surface area contributed by atoms with Gasteiger partial charge in [-0.2, -0.15) is 5.10 Å². The smallest absolute Gasteiger partial charge is 0.151 e. The number of nitrogens with zero attached hydrogens (tertiary/aromatic N) is 7. The van der Waals surface area contributed by atoms with E-state index in [1.165, 1.54) is 6.33 Å². The van der Waals surface area contributed by atoms with Gasteiger partial charge < -0.3 is 16.2 Å². The number of nitrogens with one attached hydrogen (secondary N) is 1. The number of hydrogen-bond acceptors (Lipinski definition) is 9. The van der Waals surface area contributed by atoms with E-state index in [1.807, 2.05) is 13.1 Å². The molecule has 10 heteroatoms. The lowest BCUT2D eigenvalue weighted by Crippen LogP contribution is -2.19. The Morgan fingerprint density at radius 2 is 1.97 bits per heavy atom. The summed E-state index contributed by atoms with van der Waals surface area (Å²) in [5.41, 5.74) is 10.6. The maximum absolute atomic E-state index is 9.88. The Balaban J connectivity index is 1.59. The summed E-state index contributed by atoms with van der Waals surface area (Å²) < 4.78 is 1.70. The Labute approximate surface area is 178 Å². The molecule has 0 saturated heterocycles. The van der Waals surface area contributed by atoms with Crippen LogP contribution in [0.3, 0.4) is 0 Å². The Morgan fingerprint density at radius 3 is 2.71 bits per heavy atom. The number of aromatic nitrogens is 7. The number of pyridine rings is 1. The third kappa shape index (κ3) is 3.66. The zero-order chi connectivity index (χ0) is 21.4. The highest BCUT2D eigenvalue weighted by Crippen LogP contribution is 2.32. The van der Waals surface area contributed by atoms with Gasteiger partial charge in [-0.3, -0.25) is 0 Å². The van der Waals surface area contributed by atoms with Crippen LogP contribution < -0.4 is 11.1 Å². The normalized spacial score (nSPS) is 18.5. The molecule has 158 valence electrons. The lowest BCUT2D eigenvalue weighted by molar-refractivity contribution is 0.182. The molecule has 2 atom stereocenters. The molecule has 1 aliphatic carbocycles. The van der Waals surface area contributed by atoms with Crippen LogP contribution in [0.1, 0.15) is 31.9 Å². The van der Waals surface area contributed by atoms with Crippen molar-refractivity contribution in [3.63, 3.8) is 0 Å². The zero-order valence-corrected chi connectivity index (χ0v) is 17.1. The molecule has 4 heterocycles. The number of anilines is 2. The van der Waals surface area contributed by atoms with Gasteiger partial charge in [0.1, 0.15) is 28.9 Å². The van der Waals surface area contributed by atoms with Gasteiger partial charge >= 0.3 is 0 Å². The van der Waals surface area contributed by atoms with E-state index in [-0.39, 0.29) is 12.1 Å². The van der Waals surface area contributed by atoms with Crippen LogP contribution in [0.4, 0.5) is 11.6 Å². The van der Waals surface area contributed by atoms with Crippen LogP contribution in [0.2, 0.25) is 0 Å². The fourth-order valence-electron chi connectivity index (χ4n) is 3.96. The van der Waals surface area contributed by atoms with E-state index in [1.54, 1.807) is 29.5 Å². The molecule has 0 aliphatic heterocycles. The van der Waals surface area contributed by atoms with E-state index >= 15 is 0 Å². The van der Waals surface area contributed by atoms with Gasteiger partial charge in [-0.1, -0.05) is 6.92 Å². The molecule has 0 bridgehead atoms. The van der Waals surface area contributed by atoms with Gasteiger partial charge in [-0.15, -0.1) is 0 Å². The van der Waals surface area contributed by atoms with Crippen LogP contribution in [0.5, 0.6) is 0 Å². The fraction of sp³-hybridized carbons (Fsp3) is 0.333. The summed E-state index contributed by atoms with van der Waals surface area (Å²) in [4.78, 5) is 22.1. The van der Waals surface area contributed by atoms with Crippen molar-refractivity contribution in [3.05, 3.63) is 43.0 Å². The van der Waals surface area contributed by atoms with Crippen LogP contribution in [0.15, 0.2) is 37.3 Å². The van der Waals surface area contributed by atoms with Gasteiger partial charge in [0.2, 0.25) is 0 Å². The Hall–Kier alpha value is -3.66. The van der Waals surface area contributed by atoms with Gasteiger partial charge in [0, 0.05) is 29.6 Å². The van der Waals surface area contributed by atoms with Crippen molar-refractivity contribution in [2.24, 2.45) is 0 Å². The summed E-state index contributed by atoms with van der Waals surface area (Å²) in [5.74, 6) is 1.07. The van der Waals surface area contributed by atoms with Gasteiger partial charge in [-0.25, -0.2) is 29.6 Å². The third-order valence-corrected chi connectivity index (χ3v) is 5.58. The highest BCUT2D eigenvalue weighted by molar-refractivity contribution is 5.96. The summed E-state index contributed by atoms with van der Waals surface area (Å²) >= 11 is 0. The second-order valence-corrected chi connectivity index (χ2v) is 7.71. The molecule has 10 nitrogen and oxygen atoms in total. The summed E-state index contributed by atoms with van der Waals surface area (Å²) in [6.07, 6.45) is 13.0. The topological polar surface area (TPSA) is 141 Å². The first-order chi connectivity index (χ1) is 15.1. The third-order valence-electron chi connectivity index (χ3n) is 5.58. The van der Waals surface area contributed by atoms with E-state index in [9.17, 15) is 5.11 Å². The Bertz CT molecular complexity index is 1220. The largest absolute Gasteiger partial charge is 0.393 e. The first-order valence-electron chi connectivity index (χ1n) is 10.3. The van der Waals surface area contributed by atoms with Crippen LogP contribution in [-0.4, -0.2) is 52.0 Å². The van der Waals surface area contributed by atoms with Crippen LogP contribution >= 0.6 is 0 Å². The van der Waals surface area contributed by atoms with Crippen LogP contribution in [0.25, 0.3) is 27.8 Å².